The number of fused-ring (bicyclic) bond motifs is 3. The van der Waals surface area contributed by atoms with Crippen molar-refractivity contribution in [1.82, 2.24) is 0 Å². The normalized spacial score (nSPS) is 13.9. The van der Waals surface area contributed by atoms with Crippen LogP contribution in [-0.2, 0) is 10.0 Å². The molecule has 0 unspecified atom stereocenters. The summed E-state index contributed by atoms with van der Waals surface area (Å²) in [5, 5.41) is 2.88. The van der Waals surface area contributed by atoms with Crippen molar-refractivity contribution in [3.8, 4) is 11.1 Å². The number of rotatable bonds is 4. The molecule has 0 saturated heterocycles. The van der Waals surface area contributed by atoms with Crippen molar-refractivity contribution in [1.29, 1.82) is 0 Å². The van der Waals surface area contributed by atoms with Gasteiger partial charge in [0, 0.05) is 21.2 Å². The highest BCUT2D eigenvalue weighted by Gasteiger charge is 2.34. The smallest absolute Gasteiger partial charge is 0.265 e. The molecule has 7 heteroatoms. The molecule has 29 heavy (non-hydrogen) atoms. The highest BCUT2D eigenvalue weighted by Crippen LogP contribution is 2.43. The second-order valence-corrected chi connectivity index (χ2v) is 9.17. The molecule has 0 fully saturated rings. The molecule has 0 saturated carbocycles. The summed E-state index contributed by atoms with van der Waals surface area (Å²) < 4.78 is 28.2. The Morgan fingerprint density at radius 1 is 1.03 bits per heavy atom. The van der Waals surface area contributed by atoms with Crippen LogP contribution in [0, 0.1) is 0 Å². The Bertz CT molecular complexity index is 1240. The van der Waals surface area contributed by atoms with E-state index in [4.69, 9.17) is 0 Å². The van der Waals surface area contributed by atoms with Crippen molar-refractivity contribution >= 4 is 43.2 Å². The van der Waals surface area contributed by atoms with E-state index >= 15 is 0 Å². The van der Waals surface area contributed by atoms with Crippen LogP contribution in [0.1, 0.15) is 10.4 Å². The summed E-state index contributed by atoms with van der Waals surface area (Å²) in [5.74, 6) is -0.277. The summed E-state index contributed by atoms with van der Waals surface area (Å²) >= 11 is 3.42. The van der Waals surface area contributed by atoms with Gasteiger partial charge < -0.3 is 5.32 Å². The third-order valence-electron chi connectivity index (χ3n) is 4.69. The lowest BCUT2D eigenvalue weighted by atomic mass is 10.00. The SMILES string of the molecule is C=CCN1c2ccc(C(=O)Nc3ccccc3Br)cc2-c2ccccc2S1(=O)=O. The standard InChI is InChI=1S/C22H17BrN2O3S/c1-2-13-25-20-12-11-15(22(26)24-19-9-5-4-8-18(19)23)14-17(20)16-7-3-6-10-21(16)29(25,27)28/h2-12,14H,1,13H2,(H,24,26). The lowest BCUT2D eigenvalue weighted by molar-refractivity contribution is 0.102. The Kier molecular flexibility index (Phi) is 5.02. The number of amides is 1. The second-order valence-electron chi connectivity index (χ2n) is 6.49. The maximum atomic E-state index is 13.0. The fraction of sp³-hybridized carbons (Fsp3) is 0.0455. The lowest BCUT2D eigenvalue weighted by Crippen LogP contribution is -2.34. The number of nitrogens with one attached hydrogen (secondary N) is 1. The summed E-state index contributed by atoms with van der Waals surface area (Å²) in [6, 6.07) is 19.2. The quantitative estimate of drug-likeness (QED) is 0.543. The zero-order valence-electron chi connectivity index (χ0n) is 15.3. The molecule has 3 aromatic rings. The zero-order valence-corrected chi connectivity index (χ0v) is 17.7. The van der Waals surface area contributed by atoms with Crippen LogP contribution >= 0.6 is 15.9 Å². The fourth-order valence-corrected chi connectivity index (χ4v) is 5.39. The number of halogens is 1. The van der Waals surface area contributed by atoms with Crippen molar-refractivity contribution in [3.05, 3.63) is 89.4 Å². The first-order valence-corrected chi connectivity index (χ1v) is 11.1. The van der Waals surface area contributed by atoms with E-state index in [1.165, 1.54) is 4.31 Å². The second kappa shape index (κ2) is 7.50. The third kappa shape index (κ3) is 3.36. The van der Waals surface area contributed by atoms with E-state index in [9.17, 15) is 13.2 Å². The molecule has 1 heterocycles. The molecule has 1 aliphatic heterocycles. The number of benzene rings is 3. The maximum Gasteiger partial charge on any atom is 0.265 e. The van der Waals surface area contributed by atoms with Gasteiger partial charge in [0.1, 0.15) is 0 Å². The van der Waals surface area contributed by atoms with Crippen LogP contribution in [0.15, 0.2) is 88.8 Å². The number of nitrogens with zero attached hydrogens (tertiary/aromatic N) is 1. The van der Waals surface area contributed by atoms with Gasteiger partial charge in [-0.15, -0.1) is 6.58 Å². The predicted octanol–water partition coefficient (Wildman–Crippen LogP) is 5.06. The zero-order chi connectivity index (χ0) is 20.6. The molecule has 0 radical (unpaired) electrons. The Labute approximate surface area is 177 Å². The lowest BCUT2D eigenvalue weighted by Gasteiger charge is -2.31. The number of carbonyl (C=O) groups is 1. The molecular weight excluding hydrogens is 452 g/mol. The van der Waals surface area contributed by atoms with E-state index in [-0.39, 0.29) is 17.3 Å². The molecule has 3 aromatic carbocycles. The van der Waals surface area contributed by atoms with E-state index in [2.05, 4.69) is 27.8 Å². The minimum atomic E-state index is -3.69. The largest absolute Gasteiger partial charge is 0.321 e. The van der Waals surface area contributed by atoms with E-state index < -0.39 is 10.0 Å². The van der Waals surface area contributed by atoms with Crippen molar-refractivity contribution in [2.24, 2.45) is 0 Å². The molecule has 0 atom stereocenters. The Morgan fingerprint density at radius 3 is 2.52 bits per heavy atom. The Morgan fingerprint density at radius 2 is 1.76 bits per heavy atom. The molecule has 0 bridgehead atoms. The number of anilines is 2. The van der Waals surface area contributed by atoms with Gasteiger partial charge in [0.25, 0.3) is 15.9 Å². The number of sulfonamides is 1. The number of hydrogen-bond donors (Lipinski definition) is 1. The van der Waals surface area contributed by atoms with Crippen LogP contribution in [0.25, 0.3) is 11.1 Å². The molecule has 4 rings (SSSR count). The number of carbonyl (C=O) groups excluding carboxylic acids is 1. The topological polar surface area (TPSA) is 66.5 Å². The van der Waals surface area contributed by atoms with Gasteiger partial charge in [0.2, 0.25) is 0 Å². The summed E-state index contributed by atoms with van der Waals surface area (Å²) in [6.45, 7) is 3.82. The molecule has 1 aliphatic rings. The highest BCUT2D eigenvalue weighted by atomic mass is 79.9. The van der Waals surface area contributed by atoms with Gasteiger partial charge >= 0.3 is 0 Å². The summed E-state index contributed by atoms with van der Waals surface area (Å²) in [4.78, 5) is 13.0. The first-order valence-electron chi connectivity index (χ1n) is 8.86. The van der Waals surface area contributed by atoms with Gasteiger partial charge in [-0.3, -0.25) is 9.10 Å². The van der Waals surface area contributed by atoms with Gasteiger partial charge in [0.15, 0.2) is 0 Å². The van der Waals surface area contributed by atoms with Gasteiger partial charge in [0.05, 0.1) is 22.8 Å². The van der Waals surface area contributed by atoms with Crippen LogP contribution in [-0.4, -0.2) is 20.9 Å². The van der Waals surface area contributed by atoms with Gasteiger partial charge in [-0.2, -0.15) is 0 Å². The molecule has 1 amide bonds. The molecule has 1 N–H and O–H groups in total. The number of hydrogen-bond acceptors (Lipinski definition) is 3. The van der Waals surface area contributed by atoms with Crippen LogP contribution in [0.3, 0.4) is 0 Å². The average molecular weight is 469 g/mol. The first kappa shape index (κ1) is 19.4. The minimum Gasteiger partial charge on any atom is -0.321 e. The van der Waals surface area contributed by atoms with E-state index in [1.54, 1.807) is 54.6 Å². The van der Waals surface area contributed by atoms with Crippen LogP contribution in [0.2, 0.25) is 0 Å². The van der Waals surface area contributed by atoms with E-state index in [0.29, 0.717) is 28.1 Å². The van der Waals surface area contributed by atoms with Gasteiger partial charge in [-0.25, -0.2) is 8.42 Å². The average Bonchev–Trinajstić information content (AvgIpc) is 2.72. The van der Waals surface area contributed by atoms with Gasteiger partial charge in [-0.05, 0) is 52.3 Å². The molecule has 5 nitrogen and oxygen atoms in total. The Balaban J connectivity index is 1.81. The predicted molar refractivity (Wildman–Crippen MR) is 119 cm³/mol. The van der Waals surface area contributed by atoms with Crippen molar-refractivity contribution in [2.45, 2.75) is 4.90 Å². The molecular formula is C22H17BrN2O3S. The van der Waals surface area contributed by atoms with Crippen LogP contribution in [0.5, 0.6) is 0 Å². The monoisotopic (exact) mass is 468 g/mol. The van der Waals surface area contributed by atoms with Gasteiger partial charge in [-0.1, -0.05) is 36.4 Å². The molecule has 0 aromatic heterocycles. The number of para-hydroxylation sites is 1. The Hall–Kier alpha value is -2.90. The molecule has 146 valence electrons. The van der Waals surface area contributed by atoms with Crippen molar-refractivity contribution in [3.63, 3.8) is 0 Å². The maximum absolute atomic E-state index is 13.0. The molecule has 0 spiro atoms. The molecule has 0 aliphatic carbocycles. The first-order chi connectivity index (χ1) is 13.9. The van der Waals surface area contributed by atoms with Crippen molar-refractivity contribution < 1.29 is 13.2 Å². The minimum absolute atomic E-state index is 0.145. The van der Waals surface area contributed by atoms with Crippen LogP contribution in [0.4, 0.5) is 11.4 Å². The summed E-state index contributed by atoms with van der Waals surface area (Å²) in [7, 11) is -3.69. The van der Waals surface area contributed by atoms with Crippen molar-refractivity contribution in [2.75, 3.05) is 16.2 Å². The van der Waals surface area contributed by atoms with Crippen LogP contribution < -0.4 is 9.62 Å². The summed E-state index contributed by atoms with van der Waals surface area (Å²) in [5.41, 5.74) is 2.90. The highest BCUT2D eigenvalue weighted by molar-refractivity contribution is 9.10. The third-order valence-corrected chi connectivity index (χ3v) is 7.22. The fourth-order valence-electron chi connectivity index (χ4n) is 3.34. The van der Waals surface area contributed by atoms with E-state index in [0.717, 1.165) is 4.47 Å². The van der Waals surface area contributed by atoms with E-state index in [1.807, 2.05) is 18.2 Å². The summed E-state index contributed by atoms with van der Waals surface area (Å²) in [6.07, 6.45) is 1.54.